The van der Waals surface area contributed by atoms with Gasteiger partial charge < -0.3 is 5.32 Å². The number of allylic oxidation sites excluding steroid dienone is 16. The molecule has 0 aromatic heterocycles. The van der Waals surface area contributed by atoms with Crippen molar-refractivity contribution in [3.63, 3.8) is 0 Å². The van der Waals surface area contributed by atoms with E-state index in [0.717, 1.165) is 73.2 Å². The predicted molar refractivity (Wildman–Crippen MR) is 237 cm³/mol. The molecule has 0 saturated heterocycles. The normalized spacial score (nSPS) is 21.8. The van der Waals surface area contributed by atoms with E-state index < -0.39 is 0 Å². The lowest BCUT2D eigenvalue weighted by atomic mass is 9.85. The number of aliphatic imine (C=N–C) groups is 4. The van der Waals surface area contributed by atoms with E-state index >= 15 is 0 Å². The smallest absolute Gasteiger partial charge is 0.152 e. The van der Waals surface area contributed by atoms with Crippen molar-refractivity contribution in [2.45, 2.75) is 51.1 Å². The van der Waals surface area contributed by atoms with Crippen molar-refractivity contribution in [3.8, 4) is 11.1 Å². The molecular formula is C51H47N5. The molecule has 5 heteroatoms. The molecule has 3 aliphatic heterocycles. The van der Waals surface area contributed by atoms with Crippen LogP contribution in [0.2, 0.25) is 0 Å². The third kappa shape index (κ3) is 8.90. The third-order valence-electron chi connectivity index (χ3n) is 10.8. The van der Waals surface area contributed by atoms with Crippen molar-refractivity contribution in [3.05, 3.63) is 209 Å². The Kier molecular flexibility index (Phi) is 11.6. The summed E-state index contributed by atoms with van der Waals surface area (Å²) in [6.07, 6.45) is 34.3. The second-order valence-electron chi connectivity index (χ2n) is 14.4. The van der Waals surface area contributed by atoms with Crippen molar-refractivity contribution < 1.29 is 0 Å². The largest absolute Gasteiger partial charge is 0.344 e. The standard InChI is InChI=1S/C51H47N5/c1-2-37(38-14-8-5-9-15-38)19-13-20-49-54-50(45-29-23-40(24-30-45)39-16-10-6-11-17-39)56-51(55-49)46-31-25-42(26-32-46)41-21-27-44(28-22-41)47-34-33-43-18-7-3-4-12-35-52-36-48(43)53-47/h2,4-21,23-25,27,29-31,35,50H,1,3,22,26,28,32-34,36H2,(H,54,55,56)/b12-4-,18-7-,20-13+,37-19+,52-35-. The maximum absolute atomic E-state index is 5.14. The first-order valence-corrected chi connectivity index (χ1v) is 19.8. The first-order chi connectivity index (χ1) is 27.7. The molecule has 1 N–H and O–H groups in total. The van der Waals surface area contributed by atoms with Gasteiger partial charge in [-0.05, 0) is 113 Å². The summed E-state index contributed by atoms with van der Waals surface area (Å²) in [6, 6.07) is 29.5. The summed E-state index contributed by atoms with van der Waals surface area (Å²) in [7, 11) is 0. The molecule has 276 valence electrons. The summed E-state index contributed by atoms with van der Waals surface area (Å²) in [4.78, 5) is 19.8. The average molecular weight is 730 g/mol. The summed E-state index contributed by atoms with van der Waals surface area (Å²) in [5.41, 5.74) is 14.7. The highest BCUT2D eigenvalue weighted by Crippen LogP contribution is 2.34. The van der Waals surface area contributed by atoms with Gasteiger partial charge in [0.25, 0.3) is 0 Å². The Labute approximate surface area is 331 Å². The molecule has 8 rings (SSSR count). The number of benzene rings is 3. The van der Waals surface area contributed by atoms with E-state index in [4.69, 9.17) is 15.0 Å². The summed E-state index contributed by atoms with van der Waals surface area (Å²) >= 11 is 0. The third-order valence-corrected chi connectivity index (χ3v) is 10.8. The lowest BCUT2D eigenvalue weighted by Gasteiger charge is -2.26. The first-order valence-electron chi connectivity index (χ1n) is 19.8. The number of rotatable bonds is 9. The second kappa shape index (κ2) is 17.8. The zero-order chi connectivity index (χ0) is 37.9. The van der Waals surface area contributed by atoms with Crippen molar-refractivity contribution in [2.75, 3.05) is 6.54 Å². The van der Waals surface area contributed by atoms with Gasteiger partial charge in [0.15, 0.2) is 5.84 Å². The molecule has 0 radical (unpaired) electrons. The van der Waals surface area contributed by atoms with E-state index in [9.17, 15) is 0 Å². The molecule has 0 amide bonds. The Bertz CT molecular complexity index is 2370. The summed E-state index contributed by atoms with van der Waals surface area (Å²) < 4.78 is 0. The molecular weight excluding hydrogens is 683 g/mol. The van der Waals surface area contributed by atoms with Crippen LogP contribution >= 0.6 is 0 Å². The van der Waals surface area contributed by atoms with Crippen molar-refractivity contribution in [1.82, 2.24) is 5.32 Å². The average Bonchev–Trinajstić information content (AvgIpc) is 3.27. The molecule has 5 nitrogen and oxygen atoms in total. The van der Waals surface area contributed by atoms with E-state index in [1.807, 2.05) is 54.8 Å². The molecule has 0 fully saturated rings. The fourth-order valence-electron chi connectivity index (χ4n) is 7.62. The number of hydrogen-bond acceptors (Lipinski definition) is 5. The van der Waals surface area contributed by atoms with E-state index in [1.165, 1.54) is 44.7 Å². The highest BCUT2D eigenvalue weighted by molar-refractivity contribution is 6.11. The Balaban J connectivity index is 1.02. The van der Waals surface area contributed by atoms with E-state index in [0.29, 0.717) is 12.4 Å². The number of nitrogens with one attached hydrogen (secondary N) is 1. The Morgan fingerprint density at radius 3 is 2.12 bits per heavy atom. The number of amidine groups is 2. The fraction of sp³-hybridized carbons (Fsp3) is 0.176. The van der Waals surface area contributed by atoms with Gasteiger partial charge in [0, 0.05) is 11.9 Å². The van der Waals surface area contributed by atoms with Crippen LogP contribution in [0.15, 0.2) is 218 Å². The molecule has 3 aromatic rings. The van der Waals surface area contributed by atoms with Crippen LogP contribution in [0.1, 0.15) is 62.2 Å². The maximum Gasteiger partial charge on any atom is 0.152 e. The lowest BCUT2D eigenvalue weighted by molar-refractivity contribution is 0.671. The minimum absolute atomic E-state index is 0.259. The molecule has 3 aromatic carbocycles. The van der Waals surface area contributed by atoms with Crippen LogP contribution in [0.4, 0.5) is 0 Å². The van der Waals surface area contributed by atoms with Crippen molar-refractivity contribution in [2.24, 2.45) is 20.0 Å². The van der Waals surface area contributed by atoms with Gasteiger partial charge in [0.05, 0.1) is 12.2 Å². The quantitative estimate of drug-likeness (QED) is 0.219. The maximum atomic E-state index is 5.14. The van der Waals surface area contributed by atoms with E-state index in [-0.39, 0.29) is 6.17 Å². The highest BCUT2D eigenvalue weighted by atomic mass is 15.2. The number of nitrogens with zero attached hydrogens (tertiary/aromatic N) is 4. The molecule has 0 saturated carbocycles. The summed E-state index contributed by atoms with van der Waals surface area (Å²) in [5.74, 6) is 1.56. The SMILES string of the molecule is C=C/C(=C\C=C\C1=NC(c2ccc(-c3ccccc3)cc2)NC(C2=CC=C(C3=CC=C(C4=NC5=C(/C=C\C/C=C\C=N/C5)CC4)CC3)CC2)=N1)c1ccccc1. The molecule has 0 bridgehead atoms. The zero-order valence-electron chi connectivity index (χ0n) is 31.8. The van der Waals surface area contributed by atoms with Crippen LogP contribution in [0.5, 0.6) is 0 Å². The topological polar surface area (TPSA) is 61.5 Å². The van der Waals surface area contributed by atoms with Gasteiger partial charge in [-0.25, -0.2) is 9.98 Å². The highest BCUT2D eigenvalue weighted by Gasteiger charge is 2.24. The number of hydrogen-bond donors (Lipinski definition) is 1. The second-order valence-corrected chi connectivity index (χ2v) is 14.4. The monoisotopic (exact) mass is 729 g/mol. The van der Waals surface area contributed by atoms with Crippen LogP contribution in [0, 0.1) is 0 Å². The lowest BCUT2D eigenvalue weighted by Crippen LogP contribution is -2.34. The van der Waals surface area contributed by atoms with Gasteiger partial charge in [-0.3, -0.25) is 9.98 Å². The van der Waals surface area contributed by atoms with Gasteiger partial charge in [-0.15, -0.1) is 0 Å². The molecule has 1 atom stereocenters. The summed E-state index contributed by atoms with van der Waals surface area (Å²) in [5, 5.41) is 3.68. The first kappa shape index (κ1) is 36.5. The van der Waals surface area contributed by atoms with E-state index in [2.05, 4.69) is 126 Å². The predicted octanol–water partition coefficient (Wildman–Crippen LogP) is 11.9. The van der Waals surface area contributed by atoms with Gasteiger partial charge in [-0.2, -0.15) is 0 Å². The molecule has 5 aliphatic rings. The fourth-order valence-corrected chi connectivity index (χ4v) is 7.62. The van der Waals surface area contributed by atoms with Gasteiger partial charge in [-0.1, -0.05) is 152 Å². The Morgan fingerprint density at radius 2 is 1.39 bits per heavy atom. The minimum Gasteiger partial charge on any atom is -0.344 e. The molecule has 3 heterocycles. The zero-order valence-corrected chi connectivity index (χ0v) is 31.8. The van der Waals surface area contributed by atoms with Crippen molar-refractivity contribution in [1.29, 1.82) is 0 Å². The van der Waals surface area contributed by atoms with Crippen LogP contribution < -0.4 is 5.32 Å². The molecule has 1 unspecified atom stereocenters. The summed E-state index contributed by atoms with van der Waals surface area (Å²) in [6.45, 7) is 4.68. The molecule has 56 heavy (non-hydrogen) atoms. The van der Waals surface area contributed by atoms with E-state index in [1.54, 1.807) is 0 Å². The molecule has 0 spiro atoms. The van der Waals surface area contributed by atoms with Gasteiger partial charge in [0.1, 0.15) is 12.0 Å². The van der Waals surface area contributed by atoms with Crippen LogP contribution in [0.3, 0.4) is 0 Å². The Morgan fingerprint density at radius 1 is 0.696 bits per heavy atom. The van der Waals surface area contributed by atoms with Crippen molar-refractivity contribution >= 4 is 29.2 Å². The Hall–Kier alpha value is -6.46. The minimum atomic E-state index is -0.259. The molecule has 2 aliphatic carbocycles. The van der Waals surface area contributed by atoms with Crippen LogP contribution in [-0.4, -0.2) is 30.1 Å². The van der Waals surface area contributed by atoms with Crippen LogP contribution in [0.25, 0.3) is 16.7 Å². The van der Waals surface area contributed by atoms with Crippen LogP contribution in [-0.2, 0) is 0 Å². The van der Waals surface area contributed by atoms with Gasteiger partial charge >= 0.3 is 0 Å². The van der Waals surface area contributed by atoms with Gasteiger partial charge in [0.2, 0.25) is 0 Å².